The van der Waals surface area contributed by atoms with Crippen LogP contribution >= 0.6 is 22.9 Å². The molecule has 3 rings (SSSR count). The lowest BCUT2D eigenvalue weighted by Gasteiger charge is -2.02. The number of hydrogen-bond donors (Lipinski definition) is 1. The first-order valence-electron chi connectivity index (χ1n) is 6.16. The number of nitrogens with one attached hydrogen (secondary N) is 1. The highest BCUT2D eigenvalue weighted by Gasteiger charge is 2.05. The van der Waals surface area contributed by atoms with E-state index in [0.717, 1.165) is 33.3 Å². The highest BCUT2D eigenvalue weighted by atomic mass is 35.5. The topological polar surface area (TPSA) is 24.9 Å². The van der Waals surface area contributed by atoms with Gasteiger partial charge in [0.15, 0.2) is 5.13 Å². The quantitative estimate of drug-likeness (QED) is 0.759. The molecule has 19 heavy (non-hydrogen) atoms. The minimum atomic E-state index is 0.770. The van der Waals surface area contributed by atoms with Gasteiger partial charge in [0.25, 0.3) is 0 Å². The molecule has 0 unspecified atom stereocenters. The predicted octanol–water partition coefficient (Wildman–Crippen LogP) is 4.60. The van der Waals surface area contributed by atoms with Gasteiger partial charge >= 0.3 is 0 Å². The summed E-state index contributed by atoms with van der Waals surface area (Å²) in [4.78, 5) is 4.53. The molecule has 1 heterocycles. The maximum absolute atomic E-state index is 6.14. The van der Waals surface area contributed by atoms with Crippen LogP contribution in [0.5, 0.6) is 0 Å². The molecule has 0 amide bonds. The van der Waals surface area contributed by atoms with Gasteiger partial charge < -0.3 is 5.32 Å². The van der Waals surface area contributed by atoms with Gasteiger partial charge in [-0.1, -0.05) is 59.3 Å². The summed E-state index contributed by atoms with van der Waals surface area (Å²) in [5.41, 5.74) is 2.29. The molecule has 0 saturated heterocycles. The Hall–Kier alpha value is -1.58. The number of benzene rings is 2. The molecular weight excluding hydrogens is 276 g/mol. The van der Waals surface area contributed by atoms with E-state index in [0.29, 0.717) is 0 Å². The van der Waals surface area contributed by atoms with Gasteiger partial charge in [0.05, 0.1) is 15.2 Å². The lowest BCUT2D eigenvalue weighted by atomic mass is 10.2. The van der Waals surface area contributed by atoms with Gasteiger partial charge in [-0.25, -0.2) is 4.98 Å². The summed E-state index contributed by atoms with van der Waals surface area (Å²) in [5, 5.41) is 5.06. The van der Waals surface area contributed by atoms with Crippen molar-refractivity contribution in [3.8, 4) is 0 Å². The van der Waals surface area contributed by atoms with Crippen molar-refractivity contribution >= 4 is 38.3 Å². The summed E-state index contributed by atoms with van der Waals surface area (Å²) in [6.07, 6.45) is 0.991. The Balaban J connectivity index is 1.67. The third kappa shape index (κ3) is 2.88. The number of rotatable bonds is 4. The van der Waals surface area contributed by atoms with Crippen molar-refractivity contribution in [2.75, 3.05) is 11.9 Å². The van der Waals surface area contributed by atoms with Gasteiger partial charge in [0, 0.05) is 6.54 Å². The van der Waals surface area contributed by atoms with Gasteiger partial charge in [0.2, 0.25) is 0 Å². The second kappa shape index (κ2) is 5.59. The van der Waals surface area contributed by atoms with Gasteiger partial charge in [0.1, 0.15) is 0 Å². The highest BCUT2D eigenvalue weighted by molar-refractivity contribution is 7.22. The summed E-state index contributed by atoms with van der Waals surface area (Å²) in [6, 6.07) is 16.2. The maximum Gasteiger partial charge on any atom is 0.183 e. The van der Waals surface area contributed by atoms with E-state index in [2.05, 4.69) is 34.6 Å². The third-order valence-electron chi connectivity index (χ3n) is 2.90. The molecule has 0 spiro atoms. The Labute approximate surface area is 121 Å². The molecule has 1 N–H and O–H groups in total. The van der Waals surface area contributed by atoms with Crippen LogP contribution < -0.4 is 5.32 Å². The van der Waals surface area contributed by atoms with Crippen molar-refractivity contribution in [1.82, 2.24) is 4.98 Å². The van der Waals surface area contributed by atoms with Crippen molar-refractivity contribution in [3.63, 3.8) is 0 Å². The minimum absolute atomic E-state index is 0.770. The molecule has 3 aromatic rings. The molecule has 96 valence electrons. The van der Waals surface area contributed by atoms with Crippen molar-refractivity contribution in [3.05, 3.63) is 59.1 Å². The Kier molecular flexibility index (Phi) is 3.67. The van der Waals surface area contributed by atoms with Crippen LogP contribution in [-0.2, 0) is 6.42 Å². The van der Waals surface area contributed by atoms with Crippen LogP contribution in [0.4, 0.5) is 5.13 Å². The molecule has 2 aromatic carbocycles. The van der Waals surface area contributed by atoms with Crippen LogP contribution in [0.15, 0.2) is 48.5 Å². The summed E-state index contributed by atoms with van der Waals surface area (Å²) >= 11 is 7.75. The van der Waals surface area contributed by atoms with E-state index in [1.807, 2.05) is 24.3 Å². The second-order valence-corrected chi connectivity index (χ2v) is 5.68. The zero-order valence-electron chi connectivity index (χ0n) is 10.3. The van der Waals surface area contributed by atoms with E-state index in [1.54, 1.807) is 11.3 Å². The van der Waals surface area contributed by atoms with E-state index in [4.69, 9.17) is 11.6 Å². The molecule has 4 heteroatoms. The zero-order valence-corrected chi connectivity index (χ0v) is 11.8. The smallest absolute Gasteiger partial charge is 0.183 e. The van der Waals surface area contributed by atoms with E-state index in [1.165, 1.54) is 5.56 Å². The van der Waals surface area contributed by atoms with Gasteiger partial charge in [-0.15, -0.1) is 0 Å². The van der Waals surface area contributed by atoms with Crippen molar-refractivity contribution in [1.29, 1.82) is 0 Å². The third-order valence-corrected chi connectivity index (χ3v) is 4.39. The SMILES string of the molecule is Clc1cccc2nc(NCCc3ccccc3)sc12. The fraction of sp³-hybridized carbons (Fsp3) is 0.133. The van der Waals surface area contributed by atoms with Gasteiger partial charge in [-0.05, 0) is 24.1 Å². The summed E-state index contributed by atoms with van der Waals surface area (Å²) < 4.78 is 1.05. The first-order chi connectivity index (χ1) is 9.33. The van der Waals surface area contributed by atoms with Crippen molar-refractivity contribution in [2.45, 2.75) is 6.42 Å². The van der Waals surface area contributed by atoms with E-state index in [-0.39, 0.29) is 0 Å². The predicted molar refractivity (Wildman–Crippen MR) is 83.3 cm³/mol. The first kappa shape index (κ1) is 12.5. The molecule has 0 bridgehead atoms. The number of hydrogen-bond acceptors (Lipinski definition) is 3. The van der Waals surface area contributed by atoms with E-state index in [9.17, 15) is 0 Å². The number of nitrogens with zero attached hydrogens (tertiary/aromatic N) is 1. The molecular formula is C15H13ClN2S. The van der Waals surface area contributed by atoms with Crippen molar-refractivity contribution in [2.24, 2.45) is 0 Å². The molecule has 2 nitrogen and oxygen atoms in total. The Bertz CT molecular complexity index is 679. The largest absolute Gasteiger partial charge is 0.361 e. The zero-order chi connectivity index (χ0) is 13.1. The summed E-state index contributed by atoms with van der Waals surface area (Å²) in [7, 11) is 0. The van der Waals surface area contributed by atoms with Crippen LogP contribution in [0.25, 0.3) is 10.2 Å². The molecule has 0 aliphatic heterocycles. The van der Waals surface area contributed by atoms with Crippen LogP contribution in [-0.4, -0.2) is 11.5 Å². The number of halogens is 1. The van der Waals surface area contributed by atoms with Gasteiger partial charge in [-0.2, -0.15) is 0 Å². The Morgan fingerprint density at radius 3 is 2.68 bits per heavy atom. The van der Waals surface area contributed by atoms with E-state index < -0.39 is 0 Å². The normalized spacial score (nSPS) is 10.8. The molecule has 1 aromatic heterocycles. The number of thiazole rings is 1. The standard InChI is InChI=1S/C15H13ClN2S/c16-12-7-4-8-13-14(12)19-15(18-13)17-10-9-11-5-2-1-3-6-11/h1-8H,9-10H2,(H,17,18). The number of fused-ring (bicyclic) bond motifs is 1. The number of anilines is 1. The Morgan fingerprint density at radius 2 is 1.89 bits per heavy atom. The Morgan fingerprint density at radius 1 is 1.05 bits per heavy atom. The lowest BCUT2D eigenvalue weighted by molar-refractivity contribution is 1.02. The average Bonchev–Trinajstić information content (AvgIpc) is 2.84. The summed E-state index contributed by atoms with van der Waals surface area (Å²) in [5.74, 6) is 0. The van der Waals surface area contributed by atoms with Crippen LogP contribution in [0.3, 0.4) is 0 Å². The first-order valence-corrected chi connectivity index (χ1v) is 7.35. The van der Waals surface area contributed by atoms with Crippen LogP contribution in [0, 0.1) is 0 Å². The molecule has 0 radical (unpaired) electrons. The summed E-state index contributed by atoms with van der Waals surface area (Å²) in [6.45, 7) is 0.876. The monoisotopic (exact) mass is 288 g/mol. The molecule has 0 atom stereocenters. The fourth-order valence-corrected chi connectivity index (χ4v) is 3.13. The molecule has 0 aliphatic carbocycles. The van der Waals surface area contributed by atoms with Crippen LogP contribution in [0.2, 0.25) is 5.02 Å². The average molecular weight is 289 g/mol. The fourth-order valence-electron chi connectivity index (χ4n) is 1.95. The van der Waals surface area contributed by atoms with Crippen molar-refractivity contribution < 1.29 is 0 Å². The van der Waals surface area contributed by atoms with E-state index >= 15 is 0 Å². The molecule has 0 saturated carbocycles. The maximum atomic E-state index is 6.14. The van der Waals surface area contributed by atoms with Gasteiger partial charge in [-0.3, -0.25) is 0 Å². The molecule has 0 aliphatic rings. The minimum Gasteiger partial charge on any atom is -0.361 e. The lowest BCUT2D eigenvalue weighted by Crippen LogP contribution is -2.04. The molecule has 0 fully saturated rings. The highest BCUT2D eigenvalue weighted by Crippen LogP contribution is 2.31. The second-order valence-electron chi connectivity index (χ2n) is 4.27. The number of aromatic nitrogens is 1. The van der Waals surface area contributed by atoms with Crippen LogP contribution in [0.1, 0.15) is 5.56 Å².